The second-order valence-electron chi connectivity index (χ2n) is 3.87. The fourth-order valence-corrected chi connectivity index (χ4v) is 1.99. The van der Waals surface area contributed by atoms with Gasteiger partial charge < -0.3 is 5.32 Å². The normalized spacial score (nSPS) is 26.8. The van der Waals surface area contributed by atoms with Crippen molar-refractivity contribution in [3.8, 4) is 0 Å². The summed E-state index contributed by atoms with van der Waals surface area (Å²) in [6.45, 7) is 11.1. The van der Waals surface area contributed by atoms with Crippen molar-refractivity contribution < 1.29 is 0 Å². The van der Waals surface area contributed by atoms with Crippen molar-refractivity contribution in [3.63, 3.8) is 0 Å². The quantitative estimate of drug-likeness (QED) is 0.662. The molecule has 0 aliphatic heterocycles. The van der Waals surface area contributed by atoms with Gasteiger partial charge in [-0.05, 0) is 37.8 Å². The Morgan fingerprint density at radius 1 is 1.23 bits per heavy atom. The van der Waals surface area contributed by atoms with Crippen LogP contribution in [0.15, 0.2) is 0 Å². The lowest BCUT2D eigenvalue weighted by Crippen LogP contribution is -2.24. The van der Waals surface area contributed by atoms with Crippen molar-refractivity contribution in [2.24, 2.45) is 11.8 Å². The Morgan fingerprint density at radius 3 is 2.38 bits per heavy atom. The van der Waals surface area contributed by atoms with Gasteiger partial charge in [0.2, 0.25) is 0 Å². The summed E-state index contributed by atoms with van der Waals surface area (Å²) in [7, 11) is 0. The molecule has 1 fully saturated rings. The maximum absolute atomic E-state index is 3.51. The molecule has 0 spiro atoms. The first-order valence-electron chi connectivity index (χ1n) is 6.05. The Bertz CT molecular complexity index is 101. The zero-order valence-electron chi connectivity index (χ0n) is 9.90. The van der Waals surface area contributed by atoms with E-state index < -0.39 is 0 Å². The largest absolute Gasteiger partial charge is 0.316 e. The van der Waals surface area contributed by atoms with E-state index in [1.54, 1.807) is 0 Å². The molecule has 1 nitrogen and oxygen atoms in total. The van der Waals surface area contributed by atoms with Crippen molar-refractivity contribution in [1.82, 2.24) is 5.32 Å². The van der Waals surface area contributed by atoms with Crippen LogP contribution in [0.2, 0.25) is 0 Å². The Labute approximate surface area is 84.3 Å². The lowest BCUT2D eigenvalue weighted by molar-refractivity contribution is 0.393. The predicted molar refractivity (Wildman–Crippen MR) is 61.0 cm³/mol. The average molecular weight is 185 g/mol. The Morgan fingerprint density at radius 2 is 1.92 bits per heavy atom. The van der Waals surface area contributed by atoms with Crippen LogP contribution in [-0.4, -0.2) is 13.1 Å². The molecule has 0 saturated heterocycles. The van der Waals surface area contributed by atoms with Gasteiger partial charge in [-0.25, -0.2) is 0 Å². The number of nitrogens with one attached hydrogen (secondary N) is 1. The third-order valence-corrected chi connectivity index (χ3v) is 2.87. The highest BCUT2D eigenvalue weighted by molar-refractivity contribution is 4.75. The molecule has 1 heteroatoms. The number of hydrogen-bond acceptors (Lipinski definition) is 1. The monoisotopic (exact) mass is 185 g/mol. The lowest BCUT2D eigenvalue weighted by atomic mass is 9.98. The summed E-state index contributed by atoms with van der Waals surface area (Å²) in [6, 6.07) is 0. The molecule has 0 aromatic rings. The molecule has 1 aliphatic carbocycles. The second kappa shape index (κ2) is 8.55. The molecule has 0 amide bonds. The fraction of sp³-hybridized carbons (Fsp3) is 1.00. The van der Waals surface area contributed by atoms with E-state index in [9.17, 15) is 0 Å². The van der Waals surface area contributed by atoms with Crippen LogP contribution in [0.25, 0.3) is 0 Å². The van der Waals surface area contributed by atoms with Gasteiger partial charge in [-0.3, -0.25) is 0 Å². The van der Waals surface area contributed by atoms with Crippen LogP contribution in [-0.2, 0) is 0 Å². The first kappa shape index (κ1) is 13.0. The van der Waals surface area contributed by atoms with E-state index in [4.69, 9.17) is 0 Å². The van der Waals surface area contributed by atoms with E-state index in [1.165, 1.54) is 38.8 Å². The molecule has 0 aromatic carbocycles. The third kappa shape index (κ3) is 5.30. The van der Waals surface area contributed by atoms with Gasteiger partial charge in [-0.1, -0.05) is 40.5 Å². The summed E-state index contributed by atoms with van der Waals surface area (Å²) in [6.07, 6.45) is 5.64. The number of rotatable bonds is 4. The van der Waals surface area contributed by atoms with Gasteiger partial charge in [0, 0.05) is 0 Å². The second-order valence-corrected chi connectivity index (χ2v) is 3.87. The molecule has 13 heavy (non-hydrogen) atoms. The topological polar surface area (TPSA) is 12.0 Å². The SMILES string of the molecule is CC.CCCNCC1CCCC1C. The summed E-state index contributed by atoms with van der Waals surface area (Å²) in [5.74, 6) is 1.95. The average Bonchev–Trinajstić information content (AvgIpc) is 2.56. The smallest absolute Gasteiger partial charge is 0.00180 e. The summed E-state index contributed by atoms with van der Waals surface area (Å²) >= 11 is 0. The maximum Gasteiger partial charge on any atom is -0.00180 e. The Kier molecular flexibility index (Phi) is 8.53. The summed E-state index contributed by atoms with van der Waals surface area (Å²) < 4.78 is 0. The van der Waals surface area contributed by atoms with Gasteiger partial charge in [0.05, 0.1) is 0 Å². The number of hydrogen-bond donors (Lipinski definition) is 1. The minimum absolute atomic E-state index is 0.972. The molecule has 0 bridgehead atoms. The van der Waals surface area contributed by atoms with E-state index in [2.05, 4.69) is 19.2 Å². The first-order valence-corrected chi connectivity index (χ1v) is 6.05. The van der Waals surface area contributed by atoms with E-state index >= 15 is 0 Å². The summed E-state index contributed by atoms with van der Waals surface area (Å²) in [5.41, 5.74) is 0. The molecular formula is C12H27N. The van der Waals surface area contributed by atoms with Crippen molar-refractivity contribution in [3.05, 3.63) is 0 Å². The fourth-order valence-electron chi connectivity index (χ4n) is 1.99. The molecule has 1 aliphatic rings. The standard InChI is InChI=1S/C10H21N.C2H6/c1-3-7-11-8-10-6-4-5-9(10)2;1-2/h9-11H,3-8H2,1-2H3;1-2H3. The summed E-state index contributed by atoms with van der Waals surface area (Å²) in [5, 5.41) is 3.51. The Hall–Kier alpha value is -0.0400. The molecule has 0 aromatic heterocycles. The minimum atomic E-state index is 0.972. The van der Waals surface area contributed by atoms with E-state index in [-0.39, 0.29) is 0 Å². The molecule has 1 rings (SSSR count). The molecule has 0 radical (unpaired) electrons. The van der Waals surface area contributed by atoms with Gasteiger partial charge in [0.1, 0.15) is 0 Å². The van der Waals surface area contributed by atoms with Gasteiger partial charge in [-0.15, -0.1) is 0 Å². The van der Waals surface area contributed by atoms with Crippen molar-refractivity contribution >= 4 is 0 Å². The highest BCUT2D eigenvalue weighted by atomic mass is 14.9. The maximum atomic E-state index is 3.51. The van der Waals surface area contributed by atoms with Gasteiger partial charge in [0.25, 0.3) is 0 Å². The van der Waals surface area contributed by atoms with Crippen LogP contribution >= 0.6 is 0 Å². The highest BCUT2D eigenvalue weighted by Gasteiger charge is 2.22. The van der Waals surface area contributed by atoms with Crippen LogP contribution in [0.3, 0.4) is 0 Å². The van der Waals surface area contributed by atoms with Gasteiger partial charge in [-0.2, -0.15) is 0 Å². The molecular weight excluding hydrogens is 158 g/mol. The van der Waals surface area contributed by atoms with E-state index in [0.29, 0.717) is 0 Å². The zero-order valence-corrected chi connectivity index (χ0v) is 9.90. The van der Waals surface area contributed by atoms with Crippen molar-refractivity contribution in [1.29, 1.82) is 0 Å². The van der Waals surface area contributed by atoms with E-state index in [1.807, 2.05) is 13.8 Å². The molecule has 1 N–H and O–H groups in total. The van der Waals surface area contributed by atoms with Crippen LogP contribution in [0.4, 0.5) is 0 Å². The lowest BCUT2D eigenvalue weighted by Gasteiger charge is -2.15. The highest BCUT2D eigenvalue weighted by Crippen LogP contribution is 2.30. The molecule has 2 atom stereocenters. The predicted octanol–water partition coefficient (Wildman–Crippen LogP) is 3.45. The molecule has 0 heterocycles. The zero-order chi connectivity index (χ0) is 10.1. The molecule has 2 unspecified atom stereocenters. The van der Waals surface area contributed by atoms with E-state index in [0.717, 1.165) is 11.8 Å². The van der Waals surface area contributed by atoms with Gasteiger partial charge in [0.15, 0.2) is 0 Å². The van der Waals surface area contributed by atoms with Gasteiger partial charge >= 0.3 is 0 Å². The van der Waals surface area contributed by atoms with Crippen molar-refractivity contribution in [2.45, 2.75) is 53.4 Å². The molecule has 80 valence electrons. The summed E-state index contributed by atoms with van der Waals surface area (Å²) in [4.78, 5) is 0. The van der Waals surface area contributed by atoms with Crippen LogP contribution in [0, 0.1) is 11.8 Å². The molecule has 1 saturated carbocycles. The third-order valence-electron chi connectivity index (χ3n) is 2.87. The van der Waals surface area contributed by atoms with Crippen LogP contribution in [0.1, 0.15) is 53.4 Å². The van der Waals surface area contributed by atoms with Crippen molar-refractivity contribution in [2.75, 3.05) is 13.1 Å². The minimum Gasteiger partial charge on any atom is -0.316 e. The van der Waals surface area contributed by atoms with Crippen LogP contribution < -0.4 is 5.32 Å². The van der Waals surface area contributed by atoms with Crippen LogP contribution in [0.5, 0.6) is 0 Å². The first-order chi connectivity index (χ1) is 6.34. The Balaban J connectivity index is 0.000000671.